The van der Waals surface area contributed by atoms with Gasteiger partial charge >= 0.3 is 0 Å². The monoisotopic (exact) mass is 240 g/mol. The van der Waals surface area contributed by atoms with Crippen LogP contribution in [0, 0.1) is 0 Å². The van der Waals surface area contributed by atoms with Gasteiger partial charge in [0.05, 0.1) is 24.9 Å². The summed E-state index contributed by atoms with van der Waals surface area (Å²) in [7, 11) is 0. The van der Waals surface area contributed by atoms with Crippen molar-refractivity contribution in [3.05, 3.63) is 28.9 Å². The lowest BCUT2D eigenvalue weighted by Crippen LogP contribution is -2.02. The number of halogens is 1. The van der Waals surface area contributed by atoms with Crippen molar-refractivity contribution in [3.8, 4) is 0 Å². The Bertz CT molecular complexity index is 424. The maximum Gasteiger partial charge on any atom is 0.0694 e. The summed E-state index contributed by atoms with van der Waals surface area (Å²) in [4.78, 5) is 0. The summed E-state index contributed by atoms with van der Waals surface area (Å²) < 4.78 is 2.83. The smallest absolute Gasteiger partial charge is 0.0694 e. The van der Waals surface area contributed by atoms with Gasteiger partial charge in [-0.1, -0.05) is 22.0 Å². The first-order chi connectivity index (χ1) is 6.33. The lowest BCUT2D eigenvalue weighted by Gasteiger charge is -1.99. The molecule has 0 fully saturated rings. The zero-order valence-electron chi connectivity index (χ0n) is 6.94. The van der Waals surface area contributed by atoms with Gasteiger partial charge in [0.15, 0.2) is 0 Å². The fourth-order valence-corrected chi connectivity index (χ4v) is 1.80. The van der Waals surface area contributed by atoms with Crippen LogP contribution in [0.1, 0.15) is 0 Å². The number of aliphatic hydroxyl groups excluding tert-OH is 1. The molecule has 68 valence electrons. The molecule has 3 nitrogen and oxygen atoms in total. The van der Waals surface area contributed by atoms with Gasteiger partial charge in [-0.05, 0) is 12.1 Å². The van der Waals surface area contributed by atoms with E-state index in [-0.39, 0.29) is 6.61 Å². The van der Waals surface area contributed by atoms with E-state index in [9.17, 15) is 0 Å². The van der Waals surface area contributed by atoms with E-state index in [1.54, 1.807) is 10.9 Å². The van der Waals surface area contributed by atoms with Crippen LogP contribution in [0.15, 0.2) is 28.9 Å². The van der Waals surface area contributed by atoms with Crippen molar-refractivity contribution in [3.63, 3.8) is 0 Å². The Balaban J connectivity index is 2.61. The summed E-state index contributed by atoms with van der Waals surface area (Å²) in [5, 5.41) is 14.0. The molecule has 0 saturated heterocycles. The minimum atomic E-state index is 0.114. The molecule has 0 atom stereocenters. The van der Waals surface area contributed by atoms with Crippen LogP contribution in [0.25, 0.3) is 10.9 Å². The molecule has 1 heterocycles. The third kappa shape index (κ3) is 1.47. The molecule has 2 aromatic rings. The summed E-state index contributed by atoms with van der Waals surface area (Å²) in [6.45, 7) is 0.656. The second-order valence-electron chi connectivity index (χ2n) is 2.76. The molecular formula is C9H9BrN2O. The van der Waals surface area contributed by atoms with E-state index in [0.29, 0.717) is 6.54 Å². The van der Waals surface area contributed by atoms with E-state index in [0.717, 1.165) is 15.4 Å². The van der Waals surface area contributed by atoms with Crippen molar-refractivity contribution in [1.82, 2.24) is 9.78 Å². The van der Waals surface area contributed by atoms with Crippen LogP contribution >= 0.6 is 15.9 Å². The van der Waals surface area contributed by atoms with Crippen molar-refractivity contribution in [1.29, 1.82) is 0 Å². The highest BCUT2D eigenvalue weighted by Crippen LogP contribution is 2.22. The van der Waals surface area contributed by atoms with Gasteiger partial charge in [0.2, 0.25) is 0 Å². The summed E-state index contributed by atoms with van der Waals surface area (Å²) in [6, 6.07) is 5.93. The summed E-state index contributed by atoms with van der Waals surface area (Å²) in [5.41, 5.74) is 1.04. The Morgan fingerprint density at radius 1 is 1.46 bits per heavy atom. The first-order valence-electron chi connectivity index (χ1n) is 4.04. The second kappa shape index (κ2) is 3.47. The fraction of sp³-hybridized carbons (Fsp3) is 0.222. The van der Waals surface area contributed by atoms with Gasteiger partial charge in [-0.15, -0.1) is 0 Å². The van der Waals surface area contributed by atoms with Crippen molar-refractivity contribution >= 4 is 26.8 Å². The molecule has 0 spiro atoms. The Kier molecular flexibility index (Phi) is 2.33. The average molecular weight is 241 g/mol. The van der Waals surface area contributed by atoms with Gasteiger partial charge in [0, 0.05) is 9.86 Å². The molecule has 0 aliphatic rings. The molecule has 1 N–H and O–H groups in total. The molecule has 1 aromatic carbocycles. The fourth-order valence-electron chi connectivity index (χ4n) is 1.34. The molecule has 0 unspecified atom stereocenters. The maximum absolute atomic E-state index is 8.79. The highest BCUT2D eigenvalue weighted by atomic mass is 79.9. The molecule has 0 aliphatic heterocycles. The van der Waals surface area contributed by atoms with Gasteiger partial charge in [-0.2, -0.15) is 5.10 Å². The predicted molar refractivity (Wildman–Crippen MR) is 54.5 cm³/mol. The van der Waals surface area contributed by atoms with Crippen LogP contribution in [0.4, 0.5) is 0 Å². The number of benzene rings is 1. The van der Waals surface area contributed by atoms with Gasteiger partial charge in [0.25, 0.3) is 0 Å². The second-order valence-corrected chi connectivity index (χ2v) is 3.62. The van der Waals surface area contributed by atoms with Crippen molar-refractivity contribution in [2.24, 2.45) is 0 Å². The topological polar surface area (TPSA) is 38.0 Å². The van der Waals surface area contributed by atoms with Crippen LogP contribution < -0.4 is 0 Å². The zero-order valence-corrected chi connectivity index (χ0v) is 8.53. The van der Waals surface area contributed by atoms with Crippen molar-refractivity contribution in [2.45, 2.75) is 6.54 Å². The number of hydrogen-bond donors (Lipinski definition) is 1. The van der Waals surface area contributed by atoms with E-state index in [4.69, 9.17) is 5.11 Å². The predicted octanol–water partition coefficient (Wildman–Crippen LogP) is 1.79. The molecule has 0 bridgehead atoms. The van der Waals surface area contributed by atoms with E-state index < -0.39 is 0 Å². The van der Waals surface area contributed by atoms with Crippen LogP contribution in [0.5, 0.6) is 0 Å². The normalized spacial score (nSPS) is 10.9. The molecular weight excluding hydrogens is 232 g/mol. The van der Waals surface area contributed by atoms with Gasteiger partial charge in [-0.3, -0.25) is 4.68 Å². The van der Waals surface area contributed by atoms with Gasteiger partial charge in [-0.25, -0.2) is 0 Å². The van der Waals surface area contributed by atoms with Crippen LogP contribution in [-0.2, 0) is 6.54 Å². The standard InChI is InChI=1S/C9H9BrN2O/c10-8-2-1-3-9-7(8)6-11-12(9)4-5-13/h1-3,6,13H,4-5H2. The SMILES string of the molecule is OCCn1ncc2c(Br)cccc21. The van der Waals surface area contributed by atoms with E-state index >= 15 is 0 Å². The lowest BCUT2D eigenvalue weighted by atomic mass is 10.2. The minimum Gasteiger partial charge on any atom is -0.394 e. The summed E-state index contributed by atoms with van der Waals surface area (Å²) in [6.07, 6.45) is 1.80. The third-order valence-corrected chi connectivity index (χ3v) is 2.64. The molecule has 0 saturated carbocycles. The third-order valence-electron chi connectivity index (χ3n) is 1.95. The number of fused-ring (bicyclic) bond motifs is 1. The summed E-state index contributed by atoms with van der Waals surface area (Å²) >= 11 is 3.45. The molecule has 2 rings (SSSR count). The molecule has 1 aromatic heterocycles. The quantitative estimate of drug-likeness (QED) is 0.870. The molecule has 4 heteroatoms. The maximum atomic E-state index is 8.79. The molecule has 0 aliphatic carbocycles. The Hall–Kier alpha value is -0.870. The van der Waals surface area contributed by atoms with Crippen molar-refractivity contribution in [2.75, 3.05) is 6.61 Å². The zero-order chi connectivity index (χ0) is 9.26. The van der Waals surface area contributed by atoms with Crippen LogP contribution in [0.2, 0.25) is 0 Å². The van der Waals surface area contributed by atoms with Crippen LogP contribution in [0.3, 0.4) is 0 Å². The highest BCUT2D eigenvalue weighted by molar-refractivity contribution is 9.10. The molecule has 0 amide bonds. The van der Waals surface area contributed by atoms with Gasteiger partial charge in [0.1, 0.15) is 0 Å². The number of nitrogens with zero attached hydrogens (tertiary/aromatic N) is 2. The highest BCUT2D eigenvalue weighted by Gasteiger charge is 2.03. The van der Waals surface area contributed by atoms with E-state index in [1.165, 1.54) is 0 Å². The number of hydrogen-bond acceptors (Lipinski definition) is 2. The minimum absolute atomic E-state index is 0.114. The van der Waals surface area contributed by atoms with E-state index in [1.807, 2.05) is 18.2 Å². The molecule has 13 heavy (non-hydrogen) atoms. The average Bonchev–Trinajstić information content (AvgIpc) is 2.51. The first-order valence-corrected chi connectivity index (χ1v) is 4.83. The van der Waals surface area contributed by atoms with Crippen LogP contribution in [-0.4, -0.2) is 21.5 Å². The number of aliphatic hydroxyl groups is 1. The van der Waals surface area contributed by atoms with E-state index in [2.05, 4.69) is 21.0 Å². The van der Waals surface area contributed by atoms with Crippen molar-refractivity contribution < 1.29 is 5.11 Å². The molecule has 0 radical (unpaired) electrons. The summed E-state index contributed by atoms with van der Waals surface area (Å²) in [5.74, 6) is 0. The largest absolute Gasteiger partial charge is 0.394 e. The number of aromatic nitrogens is 2. The van der Waals surface area contributed by atoms with Gasteiger partial charge < -0.3 is 5.11 Å². The Morgan fingerprint density at radius 3 is 3.08 bits per heavy atom. The Morgan fingerprint density at radius 2 is 2.31 bits per heavy atom. The first kappa shape index (κ1) is 8.72. The Labute approximate surface area is 84.1 Å². The lowest BCUT2D eigenvalue weighted by molar-refractivity contribution is 0.271. The number of rotatable bonds is 2.